The molecule has 0 spiro atoms. The Hall–Kier alpha value is -2.30. The molecule has 0 fully saturated rings. The normalized spacial score (nSPS) is 13.1. The monoisotopic (exact) mass is 287 g/mol. The van der Waals surface area contributed by atoms with E-state index in [4.69, 9.17) is 5.73 Å². The highest BCUT2D eigenvalue weighted by Gasteiger charge is 2.27. The van der Waals surface area contributed by atoms with Crippen LogP contribution in [0.25, 0.3) is 10.9 Å². The van der Waals surface area contributed by atoms with Crippen molar-refractivity contribution in [3.05, 3.63) is 36.0 Å². The molecular weight excluding hydrogens is 266 g/mol. The number of amides is 2. The van der Waals surface area contributed by atoms with Gasteiger partial charge in [0.2, 0.25) is 11.8 Å². The highest BCUT2D eigenvalue weighted by atomic mass is 16.2. The maximum Gasteiger partial charge on any atom is 0.240 e. The molecule has 112 valence electrons. The van der Waals surface area contributed by atoms with Crippen molar-refractivity contribution in [2.24, 2.45) is 11.1 Å². The second-order valence-electron chi connectivity index (χ2n) is 6.24. The zero-order valence-corrected chi connectivity index (χ0v) is 12.6. The Kier molecular flexibility index (Phi) is 4.02. The minimum Gasteiger partial charge on any atom is -0.368 e. The summed E-state index contributed by atoms with van der Waals surface area (Å²) in [6.45, 7) is 5.39. The van der Waals surface area contributed by atoms with Crippen LogP contribution in [0.2, 0.25) is 0 Å². The largest absolute Gasteiger partial charge is 0.368 e. The first-order valence-electron chi connectivity index (χ1n) is 6.94. The van der Waals surface area contributed by atoms with Gasteiger partial charge in [0.1, 0.15) is 6.04 Å². The molecule has 2 amide bonds. The number of benzene rings is 1. The Morgan fingerprint density at radius 3 is 2.57 bits per heavy atom. The van der Waals surface area contributed by atoms with E-state index in [0.29, 0.717) is 6.42 Å². The molecule has 2 rings (SSSR count). The molecule has 0 bridgehead atoms. The summed E-state index contributed by atoms with van der Waals surface area (Å²) < 4.78 is 0. The van der Waals surface area contributed by atoms with Crippen molar-refractivity contribution in [3.8, 4) is 0 Å². The number of rotatable bonds is 4. The predicted octanol–water partition coefficient (Wildman–Crippen LogP) is 1.73. The number of aromatic nitrogens is 1. The standard InChI is InChI=1S/C16H21N3O2/c1-16(2,3)15(21)19-13(14(17)20)8-10-9-18-12-7-5-4-6-11(10)12/h4-7,9,13,18H,8H2,1-3H3,(H2,17,20)(H,19,21)/t13-/m1/s1. The van der Waals surface area contributed by atoms with Gasteiger partial charge in [-0.3, -0.25) is 9.59 Å². The highest BCUT2D eigenvalue weighted by Crippen LogP contribution is 2.20. The topological polar surface area (TPSA) is 88.0 Å². The van der Waals surface area contributed by atoms with Crippen molar-refractivity contribution in [2.45, 2.75) is 33.2 Å². The summed E-state index contributed by atoms with van der Waals surface area (Å²) in [7, 11) is 0. The molecule has 5 nitrogen and oxygen atoms in total. The summed E-state index contributed by atoms with van der Waals surface area (Å²) in [5, 5.41) is 3.77. The van der Waals surface area contributed by atoms with Crippen LogP contribution in [0.5, 0.6) is 0 Å². The second-order valence-corrected chi connectivity index (χ2v) is 6.24. The van der Waals surface area contributed by atoms with Crippen LogP contribution in [0.15, 0.2) is 30.5 Å². The summed E-state index contributed by atoms with van der Waals surface area (Å²) in [4.78, 5) is 26.8. The van der Waals surface area contributed by atoms with Crippen molar-refractivity contribution < 1.29 is 9.59 Å². The van der Waals surface area contributed by atoms with Gasteiger partial charge in [-0.2, -0.15) is 0 Å². The average Bonchev–Trinajstić information content (AvgIpc) is 2.80. The smallest absolute Gasteiger partial charge is 0.240 e. The van der Waals surface area contributed by atoms with E-state index in [1.807, 2.05) is 30.5 Å². The lowest BCUT2D eigenvalue weighted by Gasteiger charge is -2.22. The van der Waals surface area contributed by atoms with E-state index in [-0.39, 0.29) is 5.91 Å². The Balaban J connectivity index is 2.21. The van der Waals surface area contributed by atoms with Crippen LogP contribution in [0, 0.1) is 5.41 Å². The zero-order valence-electron chi connectivity index (χ0n) is 12.6. The van der Waals surface area contributed by atoms with Crippen LogP contribution in [0.3, 0.4) is 0 Å². The van der Waals surface area contributed by atoms with Crippen LogP contribution in [0.1, 0.15) is 26.3 Å². The van der Waals surface area contributed by atoms with Crippen molar-refractivity contribution in [3.63, 3.8) is 0 Å². The number of primary amides is 1. The first-order valence-corrected chi connectivity index (χ1v) is 6.94. The number of nitrogens with one attached hydrogen (secondary N) is 2. The molecule has 1 aromatic carbocycles. The predicted molar refractivity (Wildman–Crippen MR) is 82.6 cm³/mol. The van der Waals surface area contributed by atoms with Gasteiger partial charge in [0.15, 0.2) is 0 Å². The summed E-state index contributed by atoms with van der Waals surface area (Å²) in [5.41, 5.74) is 6.82. The van der Waals surface area contributed by atoms with E-state index in [0.717, 1.165) is 16.5 Å². The van der Waals surface area contributed by atoms with Gasteiger partial charge in [-0.1, -0.05) is 39.0 Å². The third-order valence-corrected chi connectivity index (χ3v) is 3.43. The third-order valence-electron chi connectivity index (χ3n) is 3.43. The van der Waals surface area contributed by atoms with Gasteiger partial charge in [0.05, 0.1) is 0 Å². The number of aromatic amines is 1. The molecule has 0 saturated heterocycles. The van der Waals surface area contributed by atoms with E-state index < -0.39 is 17.4 Å². The molecule has 0 unspecified atom stereocenters. The molecular formula is C16H21N3O2. The molecule has 1 aromatic heterocycles. The Morgan fingerprint density at radius 2 is 1.95 bits per heavy atom. The number of hydrogen-bond acceptors (Lipinski definition) is 2. The number of hydrogen-bond donors (Lipinski definition) is 3. The second kappa shape index (κ2) is 5.60. The lowest BCUT2D eigenvalue weighted by Crippen LogP contribution is -2.49. The zero-order chi connectivity index (χ0) is 15.6. The molecule has 1 atom stereocenters. The molecule has 0 radical (unpaired) electrons. The van der Waals surface area contributed by atoms with Gasteiger partial charge in [-0.15, -0.1) is 0 Å². The Labute approximate surface area is 123 Å². The minimum absolute atomic E-state index is 0.189. The number of carbonyl (C=O) groups is 2. The van der Waals surface area contributed by atoms with Gasteiger partial charge >= 0.3 is 0 Å². The van der Waals surface area contributed by atoms with Crippen molar-refractivity contribution in [1.82, 2.24) is 10.3 Å². The van der Waals surface area contributed by atoms with Crippen molar-refractivity contribution >= 4 is 22.7 Å². The molecule has 1 heterocycles. The highest BCUT2D eigenvalue weighted by molar-refractivity contribution is 5.90. The SMILES string of the molecule is CC(C)(C)C(=O)N[C@H](Cc1c[nH]c2ccccc12)C(N)=O. The molecule has 5 heteroatoms. The number of H-pyrrole nitrogens is 1. The molecule has 0 saturated carbocycles. The number of nitrogens with two attached hydrogens (primary N) is 1. The minimum atomic E-state index is -0.712. The lowest BCUT2D eigenvalue weighted by molar-refractivity contribution is -0.132. The van der Waals surface area contributed by atoms with Crippen LogP contribution < -0.4 is 11.1 Å². The van der Waals surface area contributed by atoms with Crippen molar-refractivity contribution in [2.75, 3.05) is 0 Å². The fourth-order valence-corrected chi connectivity index (χ4v) is 2.12. The maximum absolute atomic E-state index is 12.0. The number of fused-ring (bicyclic) bond motifs is 1. The van der Waals surface area contributed by atoms with Gasteiger partial charge in [0, 0.05) is 28.9 Å². The maximum atomic E-state index is 12.0. The van der Waals surface area contributed by atoms with Gasteiger partial charge < -0.3 is 16.0 Å². The summed E-state index contributed by atoms with van der Waals surface area (Å²) >= 11 is 0. The first kappa shape index (κ1) is 15.1. The van der Waals surface area contributed by atoms with E-state index >= 15 is 0 Å². The molecule has 2 aromatic rings. The molecule has 21 heavy (non-hydrogen) atoms. The van der Waals surface area contributed by atoms with E-state index in [1.165, 1.54) is 0 Å². The van der Waals surface area contributed by atoms with Gasteiger partial charge in [-0.25, -0.2) is 0 Å². The first-order chi connectivity index (χ1) is 9.79. The van der Waals surface area contributed by atoms with E-state index in [2.05, 4.69) is 10.3 Å². The van der Waals surface area contributed by atoms with Gasteiger partial charge in [0.25, 0.3) is 0 Å². The molecule has 0 aliphatic rings. The Bertz CT molecular complexity index is 667. The fourth-order valence-electron chi connectivity index (χ4n) is 2.12. The Morgan fingerprint density at radius 1 is 1.29 bits per heavy atom. The fraction of sp³-hybridized carbons (Fsp3) is 0.375. The van der Waals surface area contributed by atoms with Crippen LogP contribution in [-0.4, -0.2) is 22.8 Å². The van der Waals surface area contributed by atoms with Crippen LogP contribution in [-0.2, 0) is 16.0 Å². The van der Waals surface area contributed by atoms with Crippen LogP contribution >= 0.6 is 0 Å². The summed E-state index contributed by atoms with van der Waals surface area (Å²) in [6.07, 6.45) is 2.23. The summed E-state index contributed by atoms with van der Waals surface area (Å²) in [5.74, 6) is -0.718. The third kappa shape index (κ3) is 3.42. The summed E-state index contributed by atoms with van der Waals surface area (Å²) in [6, 6.07) is 7.11. The van der Waals surface area contributed by atoms with E-state index in [1.54, 1.807) is 20.8 Å². The van der Waals surface area contributed by atoms with Gasteiger partial charge in [-0.05, 0) is 11.6 Å². The average molecular weight is 287 g/mol. The lowest BCUT2D eigenvalue weighted by atomic mass is 9.94. The quantitative estimate of drug-likeness (QED) is 0.799. The van der Waals surface area contributed by atoms with E-state index in [9.17, 15) is 9.59 Å². The number of para-hydroxylation sites is 1. The number of carbonyl (C=O) groups excluding carboxylic acids is 2. The molecule has 4 N–H and O–H groups in total. The van der Waals surface area contributed by atoms with Crippen LogP contribution in [0.4, 0.5) is 0 Å². The molecule has 0 aliphatic carbocycles. The molecule has 0 aliphatic heterocycles. The van der Waals surface area contributed by atoms with Crippen molar-refractivity contribution in [1.29, 1.82) is 0 Å².